The lowest BCUT2D eigenvalue weighted by Crippen LogP contribution is -2.45. The summed E-state index contributed by atoms with van der Waals surface area (Å²) in [7, 11) is -1.83. The van der Waals surface area contributed by atoms with E-state index in [-0.39, 0.29) is 18.3 Å². The van der Waals surface area contributed by atoms with Crippen molar-refractivity contribution in [3.63, 3.8) is 0 Å². The first-order valence-electron chi connectivity index (χ1n) is 9.75. The summed E-state index contributed by atoms with van der Waals surface area (Å²) in [5, 5.41) is 3.61. The number of halogens is 1. The molecular weight excluding hydrogens is 384 g/mol. The Kier molecular flexibility index (Phi) is 7.59. The molecule has 1 aliphatic carbocycles. The summed E-state index contributed by atoms with van der Waals surface area (Å²) in [4.78, 5) is 0.423. The number of benzene rings is 1. The molecule has 2 fully saturated rings. The number of sulfonamides is 1. The Hall–Kier alpha value is -0.820. The van der Waals surface area contributed by atoms with E-state index in [1.165, 1.54) is 12.8 Å². The molecule has 2 aliphatic rings. The van der Waals surface area contributed by atoms with Gasteiger partial charge in [0.1, 0.15) is 5.75 Å². The Morgan fingerprint density at radius 2 is 1.81 bits per heavy atom. The van der Waals surface area contributed by atoms with Crippen LogP contribution >= 0.6 is 12.4 Å². The highest BCUT2D eigenvalue weighted by molar-refractivity contribution is 7.89. The molecule has 0 unspecified atom stereocenters. The number of aryl methyl sites for hydroxylation is 1. The minimum absolute atomic E-state index is 0. The Morgan fingerprint density at radius 3 is 2.33 bits per heavy atom. The summed E-state index contributed by atoms with van der Waals surface area (Å²) in [5.41, 5.74) is 1.69. The number of piperidine rings is 1. The molecule has 1 aromatic carbocycles. The van der Waals surface area contributed by atoms with Gasteiger partial charge in [0.25, 0.3) is 0 Å². The second kappa shape index (κ2) is 9.12. The third-order valence-corrected chi connectivity index (χ3v) is 7.65. The highest BCUT2D eigenvalue weighted by Gasteiger charge is 2.32. The average molecular weight is 417 g/mol. The molecular formula is C20H33ClN2O3S. The second-order valence-electron chi connectivity index (χ2n) is 8.04. The monoisotopic (exact) mass is 416 g/mol. The summed E-state index contributed by atoms with van der Waals surface area (Å²) >= 11 is 0. The van der Waals surface area contributed by atoms with Gasteiger partial charge < -0.3 is 10.1 Å². The Balaban J connectivity index is 0.00000261. The molecule has 0 bridgehead atoms. The van der Waals surface area contributed by atoms with Crippen LogP contribution in [-0.2, 0) is 10.0 Å². The molecule has 1 heterocycles. The van der Waals surface area contributed by atoms with Crippen LogP contribution in [0, 0.1) is 12.8 Å². The third-order valence-electron chi connectivity index (χ3n) is 5.61. The molecule has 154 valence electrons. The number of ether oxygens (including phenoxy) is 1. The highest BCUT2D eigenvalue weighted by Crippen LogP contribution is 2.33. The SMILES string of the molecule is COc1cc(C)c(S(=O)(=O)N2CCC(NCC3CC3)CC2)cc1C(C)C.Cl. The summed E-state index contributed by atoms with van der Waals surface area (Å²) in [6, 6.07) is 4.11. The van der Waals surface area contributed by atoms with Crippen LogP contribution in [0.1, 0.15) is 56.6 Å². The summed E-state index contributed by atoms with van der Waals surface area (Å²) < 4.78 is 33.6. The summed E-state index contributed by atoms with van der Waals surface area (Å²) in [6.07, 6.45) is 4.46. The number of nitrogens with one attached hydrogen (secondary N) is 1. The molecule has 3 rings (SSSR count). The van der Waals surface area contributed by atoms with Crippen molar-refractivity contribution in [2.75, 3.05) is 26.7 Å². The Morgan fingerprint density at radius 1 is 1.19 bits per heavy atom. The van der Waals surface area contributed by atoms with Crippen molar-refractivity contribution >= 4 is 22.4 Å². The molecule has 27 heavy (non-hydrogen) atoms. The molecule has 1 saturated heterocycles. The second-order valence-corrected chi connectivity index (χ2v) is 9.95. The molecule has 1 N–H and O–H groups in total. The molecule has 1 aromatic rings. The van der Waals surface area contributed by atoms with Gasteiger partial charge in [-0.3, -0.25) is 0 Å². The largest absolute Gasteiger partial charge is 0.496 e. The molecule has 1 aliphatic heterocycles. The van der Waals surface area contributed by atoms with Crippen molar-refractivity contribution < 1.29 is 13.2 Å². The van der Waals surface area contributed by atoms with Crippen molar-refractivity contribution in [3.8, 4) is 5.75 Å². The molecule has 0 amide bonds. The van der Waals surface area contributed by atoms with Gasteiger partial charge in [-0.15, -0.1) is 12.4 Å². The Bertz CT molecular complexity index is 740. The molecule has 0 spiro atoms. The van der Waals surface area contributed by atoms with E-state index in [1.807, 2.05) is 19.1 Å². The minimum atomic E-state index is -3.47. The molecule has 5 nitrogen and oxygen atoms in total. The van der Waals surface area contributed by atoms with Crippen LogP contribution in [0.2, 0.25) is 0 Å². The molecule has 7 heteroatoms. The summed E-state index contributed by atoms with van der Waals surface area (Å²) in [6.45, 7) is 8.23. The van der Waals surface area contributed by atoms with Crippen molar-refractivity contribution in [2.45, 2.75) is 63.3 Å². The quantitative estimate of drug-likeness (QED) is 0.736. The smallest absolute Gasteiger partial charge is 0.243 e. The first kappa shape index (κ1) is 22.5. The zero-order chi connectivity index (χ0) is 18.9. The van der Waals surface area contributed by atoms with Gasteiger partial charge in [0.05, 0.1) is 12.0 Å². The maximum atomic E-state index is 13.2. The van der Waals surface area contributed by atoms with Gasteiger partial charge >= 0.3 is 0 Å². The first-order chi connectivity index (χ1) is 12.3. The van der Waals surface area contributed by atoms with Gasteiger partial charge in [-0.25, -0.2) is 8.42 Å². The lowest BCUT2D eigenvalue weighted by molar-refractivity contribution is 0.288. The minimum Gasteiger partial charge on any atom is -0.496 e. The van der Waals surface area contributed by atoms with Gasteiger partial charge in [-0.2, -0.15) is 4.31 Å². The van der Waals surface area contributed by atoms with Crippen LogP contribution in [0.25, 0.3) is 0 Å². The predicted molar refractivity (Wildman–Crippen MR) is 112 cm³/mol. The van der Waals surface area contributed by atoms with E-state index in [2.05, 4.69) is 19.2 Å². The van der Waals surface area contributed by atoms with Gasteiger partial charge in [0.15, 0.2) is 0 Å². The van der Waals surface area contributed by atoms with E-state index in [0.29, 0.717) is 24.0 Å². The highest BCUT2D eigenvalue weighted by atomic mass is 35.5. The lowest BCUT2D eigenvalue weighted by Gasteiger charge is -2.32. The third kappa shape index (κ3) is 5.17. The number of hydrogen-bond acceptors (Lipinski definition) is 4. The molecule has 0 aromatic heterocycles. The van der Waals surface area contributed by atoms with Crippen molar-refractivity contribution in [1.29, 1.82) is 0 Å². The zero-order valence-electron chi connectivity index (χ0n) is 16.8. The van der Waals surface area contributed by atoms with Crippen molar-refractivity contribution in [2.24, 2.45) is 5.92 Å². The fourth-order valence-corrected chi connectivity index (χ4v) is 5.39. The van der Waals surface area contributed by atoms with Gasteiger partial charge in [-0.1, -0.05) is 13.8 Å². The van der Waals surface area contributed by atoms with E-state index in [9.17, 15) is 8.42 Å². The number of nitrogens with zero attached hydrogens (tertiary/aromatic N) is 1. The van der Waals surface area contributed by atoms with Crippen LogP contribution < -0.4 is 10.1 Å². The van der Waals surface area contributed by atoms with Crippen LogP contribution in [0.5, 0.6) is 5.75 Å². The number of methoxy groups -OCH3 is 1. The fraction of sp³-hybridized carbons (Fsp3) is 0.700. The molecule has 0 radical (unpaired) electrons. The fourth-order valence-electron chi connectivity index (χ4n) is 3.68. The maximum Gasteiger partial charge on any atom is 0.243 e. The zero-order valence-corrected chi connectivity index (χ0v) is 18.5. The van der Waals surface area contributed by atoms with E-state index in [1.54, 1.807) is 11.4 Å². The number of hydrogen-bond donors (Lipinski definition) is 1. The summed E-state index contributed by atoms with van der Waals surface area (Å²) in [5.74, 6) is 1.82. The van der Waals surface area contributed by atoms with Crippen LogP contribution in [0.4, 0.5) is 0 Å². The maximum absolute atomic E-state index is 13.2. The van der Waals surface area contributed by atoms with E-state index >= 15 is 0 Å². The standard InChI is InChI=1S/C20H32N2O3S.ClH/c1-14(2)18-12-20(15(3)11-19(18)25-4)26(23,24)22-9-7-17(8-10-22)21-13-16-5-6-16;/h11-12,14,16-17,21H,5-10,13H2,1-4H3;1H. The number of rotatable bonds is 7. The first-order valence-corrected chi connectivity index (χ1v) is 11.2. The van der Waals surface area contributed by atoms with Crippen molar-refractivity contribution in [1.82, 2.24) is 9.62 Å². The van der Waals surface area contributed by atoms with Gasteiger partial charge in [0.2, 0.25) is 10.0 Å². The molecule has 0 atom stereocenters. The van der Waals surface area contributed by atoms with E-state index < -0.39 is 10.0 Å². The predicted octanol–water partition coefficient (Wildman–Crippen LogP) is 3.70. The van der Waals surface area contributed by atoms with E-state index in [0.717, 1.165) is 42.2 Å². The van der Waals surface area contributed by atoms with Crippen LogP contribution in [0.3, 0.4) is 0 Å². The Labute approximate surface area is 170 Å². The van der Waals surface area contributed by atoms with Crippen LogP contribution in [-0.4, -0.2) is 45.5 Å². The average Bonchev–Trinajstić information content (AvgIpc) is 3.44. The molecule has 1 saturated carbocycles. The normalized spacial score (nSPS) is 19.1. The van der Waals surface area contributed by atoms with Gasteiger partial charge in [-0.05, 0) is 74.2 Å². The van der Waals surface area contributed by atoms with Gasteiger partial charge in [0, 0.05) is 19.1 Å². The lowest BCUT2D eigenvalue weighted by atomic mass is 10.0. The van der Waals surface area contributed by atoms with E-state index in [4.69, 9.17) is 4.74 Å². The topological polar surface area (TPSA) is 58.6 Å². The van der Waals surface area contributed by atoms with Crippen LogP contribution in [0.15, 0.2) is 17.0 Å². The van der Waals surface area contributed by atoms with Crippen molar-refractivity contribution in [3.05, 3.63) is 23.3 Å².